The van der Waals surface area contributed by atoms with Crippen LogP contribution in [0.4, 0.5) is 0 Å². The van der Waals surface area contributed by atoms with E-state index in [0.717, 1.165) is 16.5 Å². The van der Waals surface area contributed by atoms with Crippen molar-refractivity contribution >= 4 is 18.1 Å². The molecule has 0 radical (unpaired) electrons. The second-order valence-corrected chi connectivity index (χ2v) is 3.55. The van der Waals surface area contributed by atoms with E-state index in [1.54, 1.807) is 12.1 Å². The van der Waals surface area contributed by atoms with E-state index in [4.69, 9.17) is 19.4 Å². The number of ether oxygens (including phenoxy) is 1. The number of fused-ring (bicyclic) bond motifs is 1. The van der Waals surface area contributed by atoms with Gasteiger partial charge < -0.3 is 19.4 Å². The summed E-state index contributed by atoms with van der Waals surface area (Å²) in [5.41, 5.74) is 0. The fraction of sp³-hybridized carbons (Fsp3) is 0.167. The molecule has 0 unspecified atom stereocenters. The molecule has 0 heterocycles. The Hall–Kier alpha value is -1.72. The minimum Gasteiger partial charge on any atom is -0.512 e. The largest absolute Gasteiger partial charge is 0.707 e. The molecule has 0 aromatic heterocycles. The molecule has 0 amide bonds. The maximum Gasteiger partial charge on any atom is 0.707 e. The zero-order valence-corrected chi connectivity index (χ0v) is 9.46. The molecule has 4 nitrogen and oxygen atoms in total. The summed E-state index contributed by atoms with van der Waals surface area (Å²) >= 11 is 0. The van der Waals surface area contributed by atoms with Crippen molar-refractivity contribution in [2.45, 2.75) is 6.92 Å². The highest BCUT2D eigenvalue weighted by atomic mass is 16.6. The molecule has 0 atom stereocenters. The quantitative estimate of drug-likeness (QED) is 0.785. The molecule has 5 heteroatoms. The summed E-state index contributed by atoms with van der Waals surface area (Å²) < 4.78 is 10.2. The van der Waals surface area contributed by atoms with E-state index in [2.05, 4.69) is 0 Å². The Balaban J connectivity index is 2.33. The SMILES string of the molecule is CCOc1ccc2cc(OB(O)O)ccc2c1. The standard InChI is InChI=1S/C12H13BO4/c1-2-16-11-5-3-10-8-12(17-13(14)15)6-4-9(10)7-11/h3-8,14-15H,2H2,1H3. The summed E-state index contributed by atoms with van der Waals surface area (Å²) in [4.78, 5) is 0. The lowest BCUT2D eigenvalue weighted by Crippen LogP contribution is -2.20. The number of hydrogen-bond acceptors (Lipinski definition) is 4. The van der Waals surface area contributed by atoms with E-state index in [9.17, 15) is 0 Å². The summed E-state index contributed by atoms with van der Waals surface area (Å²) in [6, 6.07) is 11.0. The van der Waals surface area contributed by atoms with Crippen LogP contribution in [0.2, 0.25) is 0 Å². The third-order valence-electron chi connectivity index (χ3n) is 2.34. The highest BCUT2D eigenvalue weighted by Crippen LogP contribution is 2.25. The van der Waals surface area contributed by atoms with E-state index >= 15 is 0 Å². The van der Waals surface area contributed by atoms with Gasteiger partial charge in [0.2, 0.25) is 0 Å². The first kappa shape index (κ1) is 11.8. The van der Waals surface area contributed by atoms with Crippen LogP contribution in [-0.2, 0) is 0 Å². The van der Waals surface area contributed by atoms with Crippen LogP contribution in [-0.4, -0.2) is 24.0 Å². The van der Waals surface area contributed by atoms with Crippen molar-refractivity contribution < 1.29 is 19.4 Å². The van der Waals surface area contributed by atoms with Crippen LogP contribution in [0.25, 0.3) is 10.8 Å². The molecule has 0 aliphatic carbocycles. The Morgan fingerprint density at radius 3 is 2.18 bits per heavy atom. The summed E-state index contributed by atoms with van der Waals surface area (Å²) in [5, 5.41) is 19.4. The molecule has 2 rings (SSSR count). The lowest BCUT2D eigenvalue weighted by atomic mass is 10.1. The van der Waals surface area contributed by atoms with Gasteiger partial charge in [0.1, 0.15) is 11.5 Å². The summed E-state index contributed by atoms with van der Waals surface area (Å²) in [6.45, 7) is 2.56. The molecule has 0 saturated heterocycles. The highest BCUT2D eigenvalue weighted by molar-refractivity contribution is 6.33. The number of hydrogen-bond donors (Lipinski definition) is 2. The number of benzene rings is 2. The molecule has 2 aromatic carbocycles. The third kappa shape index (κ3) is 2.90. The van der Waals surface area contributed by atoms with Gasteiger partial charge in [-0.05, 0) is 42.0 Å². The Bertz CT molecular complexity index is 513. The Morgan fingerprint density at radius 1 is 1.00 bits per heavy atom. The van der Waals surface area contributed by atoms with Gasteiger partial charge in [0, 0.05) is 0 Å². The predicted octanol–water partition coefficient (Wildman–Crippen LogP) is 1.59. The van der Waals surface area contributed by atoms with Gasteiger partial charge in [-0.2, -0.15) is 0 Å². The average Bonchev–Trinajstić information content (AvgIpc) is 2.29. The summed E-state index contributed by atoms with van der Waals surface area (Å²) in [5.74, 6) is 1.23. The molecule has 0 saturated carbocycles. The van der Waals surface area contributed by atoms with E-state index in [-0.39, 0.29) is 0 Å². The molecule has 0 spiro atoms. The zero-order chi connectivity index (χ0) is 12.3. The minimum absolute atomic E-state index is 0.414. The molecular formula is C12H13BO4. The zero-order valence-electron chi connectivity index (χ0n) is 9.46. The van der Waals surface area contributed by atoms with Gasteiger partial charge in [0.05, 0.1) is 6.61 Å². The normalized spacial score (nSPS) is 10.3. The van der Waals surface area contributed by atoms with Gasteiger partial charge in [-0.15, -0.1) is 0 Å². The second-order valence-electron chi connectivity index (χ2n) is 3.55. The maximum atomic E-state index is 8.71. The van der Waals surface area contributed by atoms with Crippen molar-refractivity contribution in [3.8, 4) is 11.5 Å². The predicted molar refractivity (Wildman–Crippen MR) is 65.9 cm³/mol. The molecular weight excluding hydrogens is 219 g/mol. The van der Waals surface area contributed by atoms with E-state index < -0.39 is 7.32 Å². The van der Waals surface area contributed by atoms with Crippen LogP contribution in [0.1, 0.15) is 6.92 Å². The van der Waals surface area contributed by atoms with Crippen LogP contribution in [0, 0.1) is 0 Å². The van der Waals surface area contributed by atoms with Crippen LogP contribution < -0.4 is 9.39 Å². The molecule has 0 bridgehead atoms. The number of rotatable bonds is 4. The van der Waals surface area contributed by atoms with E-state index in [1.165, 1.54) is 0 Å². The van der Waals surface area contributed by atoms with Gasteiger partial charge in [0.15, 0.2) is 0 Å². The fourth-order valence-corrected chi connectivity index (χ4v) is 1.65. The van der Waals surface area contributed by atoms with Gasteiger partial charge in [-0.1, -0.05) is 12.1 Å². The smallest absolute Gasteiger partial charge is 0.512 e. The van der Waals surface area contributed by atoms with Crippen molar-refractivity contribution in [1.29, 1.82) is 0 Å². The van der Waals surface area contributed by atoms with E-state index in [0.29, 0.717) is 12.4 Å². The first-order chi connectivity index (χ1) is 8.19. The maximum absolute atomic E-state index is 8.71. The lowest BCUT2D eigenvalue weighted by Gasteiger charge is -2.07. The monoisotopic (exact) mass is 232 g/mol. The summed E-state index contributed by atoms with van der Waals surface area (Å²) in [6.07, 6.45) is 0. The van der Waals surface area contributed by atoms with Crippen molar-refractivity contribution in [3.63, 3.8) is 0 Å². The van der Waals surface area contributed by atoms with Crippen molar-refractivity contribution in [1.82, 2.24) is 0 Å². The van der Waals surface area contributed by atoms with Crippen molar-refractivity contribution in [3.05, 3.63) is 36.4 Å². The second kappa shape index (κ2) is 5.08. The Kier molecular flexibility index (Phi) is 3.51. The Morgan fingerprint density at radius 2 is 1.59 bits per heavy atom. The molecule has 88 valence electrons. The lowest BCUT2D eigenvalue weighted by molar-refractivity contribution is 0.288. The van der Waals surface area contributed by atoms with Gasteiger partial charge in [-0.25, -0.2) is 0 Å². The topological polar surface area (TPSA) is 58.9 Å². The van der Waals surface area contributed by atoms with Crippen LogP contribution in [0.5, 0.6) is 11.5 Å². The van der Waals surface area contributed by atoms with Gasteiger partial charge in [-0.3, -0.25) is 0 Å². The van der Waals surface area contributed by atoms with Gasteiger partial charge >= 0.3 is 7.32 Å². The van der Waals surface area contributed by atoms with E-state index in [1.807, 2.05) is 31.2 Å². The first-order valence-corrected chi connectivity index (χ1v) is 5.38. The average molecular weight is 232 g/mol. The molecule has 0 aliphatic rings. The highest BCUT2D eigenvalue weighted by Gasteiger charge is 2.11. The van der Waals surface area contributed by atoms with Gasteiger partial charge in [0.25, 0.3) is 0 Å². The first-order valence-electron chi connectivity index (χ1n) is 5.38. The van der Waals surface area contributed by atoms with Crippen LogP contribution >= 0.6 is 0 Å². The van der Waals surface area contributed by atoms with Crippen molar-refractivity contribution in [2.75, 3.05) is 6.61 Å². The Labute approximate surface area is 99.6 Å². The van der Waals surface area contributed by atoms with Crippen molar-refractivity contribution in [2.24, 2.45) is 0 Å². The fourth-order valence-electron chi connectivity index (χ4n) is 1.65. The molecule has 0 aliphatic heterocycles. The molecule has 2 aromatic rings. The van der Waals surface area contributed by atoms with Crippen LogP contribution in [0.3, 0.4) is 0 Å². The minimum atomic E-state index is -1.80. The molecule has 2 N–H and O–H groups in total. The van der Waals surface area contributed by atoms with Crippen LogP contribution in [0.15, 0.2) is 36.4 Å². The molecule has 0 fully saturated rings. The molecule has 17 heavy (non-hydrogen) atoms. The third-order valence-corrected chi connectivity index (χ3v) is 2.34. The summed E-state index contributed by atoms with van der Waals surface area (Å²) in [7, 11) is -1.80.